The number of nitriles is 1. The fraction of sp³-hybridized carbons (Fsp3) is 0.500. The Bertz CT molecular complexity index is 371. The second-order valence-corrected chi connectivity index (χ2v) is 4.15. The Kier molecular flexibility index (Phi) is 6.67. The first kappa shape index (κ1) is 13.4. The molecule has 0 aromatic carbocycles. The Morgan fingerprint density at radius 3 is 3.24 bits per heavy atom. The van der Waals surface area contributed by atoms with Crippen molar-refractivity contribution in [3.05, 3.63) is 18.0 Å². The summed E-state index contributed by atoms with van der Waals surface area (Å²) in [6.45, 7) is 3.34. The summed E-state index contributed by atoms with van der Waals surface area (Å²) in [6, 6.07) is 1.84. The lowest BCUT2D eigenvalue weighted by atomic mass is 10.5. The Morgan fingerprint density at radius 2 is 2.59 bits per heavy atom. The molecule has 0 amide bonds. The van der Waals surface area contributed by atoms with E-state index >= 15 is 0 Å². The first-order chi connectivity index (χ1) is 8.36. The summed E-state index contributed by atoms with van der Waals surface area (Å²) in [5.74, 6) is 2.21. The van der Waals surface area contributed by atoms with Gasteiger partial charge in [0.25, 0.3) is 0 Å². The van der Waals surface area contributed by atoms with Crippen molar-refractivity contribution in [1.82, 2.24) is 15.8 Å². The first-order valence-electron chi connectivity index (χ1n) is 5.27. The molecule has 0 aliphatic rings. The van der Waals surface area contributed by atoms with Crippen LogP contribution >= 0.6 is 11.8 Å². The molecule has 1 aromatic heterocycles. The van der Waals surface area contributed by atoms with Crippen molar-refractivity contribution in [2.45, 2.75) is 12.7 Å². The summed E-state index contributed by atoms with van der Waals surface area (Å²) in [6.07, 6.45) is 3.41. The topological polar surface area (TPSA) is 86.2 Å². The zero-order valence-corrected chi connectivity index (χ0v) is 10.5. The number of guanidine groups is 1. The Morgan fingerprint density at radius 1 is 1.71 bits per heavy atom. The molecule has 1 heterocycles. The Hall–Kier alpha value is -1.68. The van der Waals surface area contributed by atoms with Gasteiger partial charge in [0.15, 0.2) is 6.19 Å². The zero-order valence-electron chi connectivity index (χ0n) is 9.64. The minimum absolute atomic E-state index is 0.525. The van der Waals surface area contributed by atoms with Crippen molar-refractivity contribution in [3.8, 4) is 6.19 Å². The molecule has 17 heavy (non-hydrogen) atoms. The zero-order chi connectivity index (χ0) is 12.3. The lowest BCUT2D eigenvalue weighted by Gasteiger charge is -2.04. The molecule has 2 N–H and O–H groups in total. The molecule has 0 saturated carbocycles. The molecule has 0 unspecified atom stereocenters. The third kappa shape index (κ3) is 5.82. The number of aromatic nitrogens is 1. The van der Waals surface area contributed by atoms with Gasteiger partial charge in [0, 0.05) is 24.1 Å². The van der Waals surface area contributed by atoms with Crippen LogP contribution in [0.1, 0.15) is 12.6 Å². The summed E-state index contributed by atoms with van der Waals surface area (Å²) in [5.41, 5.74) is 0.932. The number of nitrogens with zero attached hydrogens (tertiary/aromatic N) is 3. The molecule has 0 spiro atoms. The molecule has 92 valence electrons. The number of hydrogen-bond donors (Lipinski definition) is 2. The predicted molar refractivity (Wildman–Crippen MR) is 67.4 cm³/mol. The number of aliphatic imine (C=N–C) groups is 1. The van der Waals surface area contributed by atoms with E-state index in [-0.39, 0.29) is 0 Å². The van der Waals surface area contributed by atoms with Gasteiger partial charge in [-0.15, -0.1) is 0 Å². The van der Waals surface area contributed by atoms with Crippen LogP contribution < -0.4 is 10.6 Å². The molecule has 0 radical (unpaired) electrons. The van der Waals surface area contributed by atoms with Crippen molar-refractivity contribution < 1.29 is 4.52 Å². The third-order valence-electron chi connectivity index (χ3n) is 1.77. The summed E-state index contributed by atoms with van der Waals surface area (Å²) in [7, 11) is 0. The van der Waals surface area contributed by atoms with Crippen molar-refractivity contribution in [2.75, 3.05) is 18.8 Å². The quantitative estimate of drug-likeness (QED) is 0.258. The number of hydrogen-bond acceptors (Lipinski definition) is 5. The minimum atomic E-state index is 0.525. The van der Waals surface area contributed by atoms with Crippen LogP contribution in [0.15, 0.2) is 21.8 Å². The van der Waals surface area contributed by atoms with Crippen molar-refractivity contribution in [2.24, 2.45) is 4.99 Å². The highest BCUT2D eigenvalue weighted by Crippen LogP contribution is 2.09. The Labute approximate surface area is 104 Å². The van der Waals surface area contributed by atoms with Gasteiger partial charge in [-0.1, -0.05) is 5.16 Å². The molecule has 0 aliphatic carbocycles. The molecule has 6 nitrogen and oxygen atoms in total. The van der Waals surface area contributed by atoms with E-state index in [9.17, 15) is 0 Å². The second kappa shape index (κ2) is 8.47. The molecule has 1 aromatic rings. The number of thioether (sulfide) groups is 1. The lowest BCUT2D eigenvalue weighted by molar-refractivity contribution is 0.414. The summed E-state index contributed by atoms with van der Waals surface area (Å²) in [4.78, 5) is 4.23. The van der Waals surface area contributed by atoms with E-state index < -0.39 is 0 Å². The molecule has 0 atom stereocenters. The minimum Gasteiger partial charge on any atom is -0.364 e. The van der Waals surface area contributed by atoms with E-state index in [4.69, 9.17) is 9.78 Å². The van der Waals surface area contributed by atoms with Gasteiger partial charge >= 0.3 is 0 Å². The lowest BCUT2D eigenvalue weighted by Crippen LogP contribution is -2.34. The van der Waals surface area contributed by atoms with Gasteiger partial charge < -0.3 is 9.84 Å². The molecular formula is C10H15N5OS. The van der Waals surface area contributed by atoms with Gasteiger partial charge in [-0.25, -0.2) is 0 Å². The van der Waals surface area contributed by atoms with Gasteiger partial charge in [0.2, 0.25) is 5.96 Å². The third-order valence-corrected chi connectivity index (χ3v) is 2.74. The van der Waals surface area contributed by atoms with Crippen LogP contribution in [0.5, 0.6) is 0 Å². The van der Waals surface area contributed by atoms with E-state index in [0.29, 0.717) is 12.5 Å². The molecule has 0 bridgehead atoms. The highest BCUT2D eigenvalue weighted by atomic mass is 32.2. The highest BCUT2D eigenvalue weighted by Gasteiger charge is 1.97. The molecule has 0 aliphatic heterocycles. The largest absolute Gasteiger partial charge is 0.364 e. The van der Waals surface area contributed by atoms with Crippen LogP contribution in [0, 0.1) is 11.5 Å². The number of rotatable bonds is 6. The highest BCUT2D eigenvalue weighted by molar-refractivity contribution is 7.98. The fourth-order valence-electron chi connectivity index (χ4n) is 1.07. The van der Waals surface area contributed by atoms with Gasteiger partial charge in [0.1, 0.15) is 6.26 Å². The van der Waals surface area contributed by atoms with Gasteiger partial charge in [0.05, 0.1) is 12.2 Å². The van der Waals surface area contributed by atoms with Gasteiger partial charge in [-0.3, -0.25) is 10.3 Å². The van der Waals surface area contributed by atoms with E-state index in [1.165, 1.54) is 0 Å². The molecule has 0 saturated heterocycles. The molecule has 1 rings (SSSR count). The maximum Gasteiger partial charge on any atom is 0.204 e. The predicted octanol–water partition coefficient (Wildman–Crippen LogP) is 0.944. The van der Waals surface area contributed by atoms with Crippen LogP contribution in [0.4, 0.5) is 0 Å². The van der Waals surface area contributed by atoms with E-state index in [1.54, 1.807) is 18.0 Å². The second-order valence-electron chi connectivity index (χ2n) is 3.04. The molecule has 7 heteroatoms. The van der Waals surface area contributed by atoms with E-state index in [0.717, 1.165) is 23.7 Å². The molecular weight excluding hydrogens is 238 g/mol. The standard InChI is InChI=1S/C10H15N5OS/c1-2-12-10(14-8-11)13-4-6-17-7-9-3-5-16-15-9/h3,5H,2,4,6-7H2,1H3,(H2,12,13,14). The average molecular weight is 253 g/mol. The van der Waals surface area contributed by atoms with Gasteiger partial charge in [-0.05, 0) is 6.92 Å². The van der Waals surface area contributed by atoms with Crippen molar-refractivity contribution >= 4 is 17.7 Å². The molecule has 0 fully saturated rings. The van der Waals surface area contributed by atoms with Crippen LogP contribution in [0.3, 0.4) is 0 Å². The van der Waals surface area contributed by atoms with Crippen LogP contribution in [0.25, 0.3) is 0 Å². The summed E-state index contributed by atoms with van der Waals surface area (Å²) >= 11 is 1.72. The monoisotopic (exact) mass is 253 g/mol. The maximum atomic E-state index is 8.49. The average Bonchev–Trinajstić information content (AvgIpc) is 2.82. The smallest absolute Gasteiger partial charge is 0.204 e. The van der Waals surface area contributed by atoms with E-state index in [1.807, 2.05) is 19.2 Å². The van der Waals surface area contributed by atoms with Crippen LogP contribution in [-0.4, -0.2) is 30.0 Å². The van der Waals surface area contributed by atoms with Crippen LogP contribution in [0.2, 0.25) is 0 Å². The normalized spacial score (nSPS) is 10.9. The summed E-state index contributed by atoms with van der Waals surface area (Å²) in [5, 5.41) is 17.8. The van der Waals surface area contributed by atoms with Crippen molar-refractivity contribution in [3.63, 3.8) is 0 Å². The van der Waals surface area contributed by atoms with Crippen molar-refractivity contribution in [1.29, 1.82) is 5.26 Å². The fourth-order valence-corrected chi connectivity index (χ4v) is 1.79. The number of nitrogens with one attached hydrogen (secondary N) is 2. The first-order valence-corrected chi connectivity index (χ1v) is 6.42. The Balaban J connectivity index is 2.16. The van der Waals surface area contributed by atoms with Crippen LogP contribution in [-0.2, 0) is 5.75 Å². The maximum absolute atomic E-state index is 8.49. The van der Waals surface area contributed by atoms with Gasteiger partial charge in [-0.2, -0.15) is 17.0 Å². The SMILES string of the molecule is CCNC(=NCCSCc1ccon1)NC#N. The summed E-state index contributed by atoms with van der Waals surface area (Å²) < 4.78 is 4.73. The van der Waals surface area contributed by atoms with E-state index in [2.05, 4.69) is 20.8 Å².